The van der Waals surface area contributed by atoms with Gasteiger partial charge in [0, 0.05) is 19.2 Å². The Kier molecular flexibility index (Phi) is 3.89. The molecule has 20 heavy (non-hydrogen) atoms. The molecular formula is C13H17N3O4. The Morgan fingerprint density at radius 2 is 2.25 bits per heavy atom. The highest BCUT2D eigenvalue weighted by Crippen LogP contribution is 2.32. The van der Waals surface area contributed by atoms with Gasteiger partial charge < -0.3 is 15.3 Å². The number of carbonyl (C=O) groups is 1. The highest BCUT2D eigenvalue weighted by atomic mass is 16.6. The van der Waals surface area contributed by atoms with Gasteiger partial charge >= 0.3 is 0 Å². The summed E-state index contributed by atoms with van der Waals surface area (Å²) in [6, 6.07) is 4.14. The lowest BCUT2D eigenvalue weighted by atomic mass is 10.1. The van der Waals surface area contributed by atoms with Crippen molar-refractivity contribution in [2.24, 2.45) is 0 Å². The van der Waals surface area contributed by atoms with E-state index in [1.165, 1.54) is 6.07 Å². The van der Waals surface area contributed by atoms with Crippen LogP contribution in [0.5, 0.6) is 0 Å². The molecule has 2 N–H and O–H groups in total. The molecule has 0 saturated carbocycles. The first-order valence-electron chi connectivity index (χ1n) is 6.42. The van der Waals surface area contributed by atoms with Crippen molar-refractivity contribution in [3.05, 3.63) is 33.9 Å². The monoisotopic (exact) mass is 279 g/mol. The van der Waals surface area contributed by atoms with E-state index < -0.39 is 17.1 Å². The highest BCUT2D eigenvalue weighted by Gasteiger charge is 2.30. The number of benzene rings is 1. The molecule has 1 aromatic carbocycles. The van der Waals surface area contributed by atoms with Crippen molar-refractivity contribution < 1.29 is 14.8 Å². The minimum Gasteiger partial charge on any atom is -0.389 e. The molecule has 108 valence electrons. The Morgan fingerprint density at radius 3 is 2.85 bits per heavy atom. The van der Waals surface area contributed by atoms with Crippen molar-refractivity contribution >= 4 is 17.3 Å². The zero-order valence-electron chi connectivity index (χ0n) is 11.4. The number of piperazine rings is 1. The molecular weight excluding hydrogens is 262 g/mol. The second-order valence-electron chi connectivity index (χ2n) is 4.84. The molecule has 2 rings (SSSR count). The Hall–Kier alpha value is -2.15. The van der Waals surface area contributed by atoms with E-state index in [2.05, 4.69) is 5.32 Å². The van der Waals surface area contributed by atoms with Gasteiger partial charge in [-0.25, -0.2) is 0 Å². The quantitative estimate of drug-likeness (QED) is 0.635. The van der Waals surface area contributed by atoms with E-state index in [1.54, 1.807) is 30.9 Å². The number of rotatable bonds is 3. The van der Waals surface area contributed by atoms with E-state index in [-0.39, 0.29) is 11.6 Å². The van der Waals surface area contributed by atoms with Crippen LogP contribution in [0.1, 0.15) is 25.5 Å². The zero-order chi connectivity index (χ0) is 14.9. The van der Waals surface area contributed by atoms with Gasteiger partial charge in [-0.15, -0.1) is 0 Å². The molecule has 0 spiro atoms. The first-order valence-corrected chi connectivity index (χ1v) is 6.42. The fraction of sp³-hybridized carbons (Fsp3) is 0.462. The summed E-state index contributed by atoms with van der Waals surface area (Å²) in [4.78, 5) is 24.1. The second-order valence-corrected chi connectivity index (χ2v) is 4.84. The predicted molar refractivity (Wildman–Crippen MR) is 73.5 cm³/mol. The van der Waals surface area contributed by atoms with Gasteiger partial charge in [-0.05, 0) is 25.5 Å². The molecule has 0 aliphatic carbocycles. The van der Waals surface area contributed by atoms with Crippen LogP contribution in [0, 0.1) is 10.1 Å². The van der Waals surface area contributed by atoms with E-state index in [9.17, 15) is 20.0 Å². The molecule has 7 nitrogen and oxygen atoms in total. The summed E-state index contributed by atoms with van der Waals surface area (Å²) in [7, 11) is 0. The third kappa shape index (κ3) is 2.57. The summed E-state index contributed by atoms with van der Waals surface area (Å²) in [5.74, 6) is -0.148. The number of nitro benzene ring substituents is 1. The third-order valence-electron chi connectivity index (χ3n) is 3.49. The molecule has 1 amide bonds. The number of hydrogen-bond acceptors (Lipinski definition) is 5. The van der Waals surface area contributed by atoms with Crippen molar-refractivity contribution in [2.45, 2.75) is 26.0 Å². The third-order valence-corrected chi connectivity index (χ3v) is 3.49. The molecule has 0 bridgehead atoms. The molecule has 1 aliphatic rings. The van der Waals surface area contributed by atoms with Gasteiger partial charge in [0.15, 0.2) is 0 Å². The first kappa shape index (κ1) is 14.3. The van der Waals surface area contributed by atoms with Gasteiger partial charge in [-0.2, -0.15) is 0 Å². The average Bonchev–Trinajstić information content (AvgIpc) is 2.41. The van der Waals surface area contributed by atoms with Gasteiger partial charge in [0.25, 0.3) is 5.69 Å². The van der Waals surface area contributed by atoms with Gasteiger partial charge in [-0.3, -0.25) is 14.9 Å². The van der Waals surface area contributed by atoms with E-state index in [1.807, 2.05) is 0 Å². The largest absolute Gasteiger partial charge is 0.389 e. The van der Waals surface area contributed by atoms with Crippen LogP contribution in [0.3, 0.4) is 0 Å². The zero-order valence-corrected chi connectivity index (χ0v) is 11.4. The van der Waals surface area contributed by atoms with Crippen LogP contribution < -0.4 is 10.2 Å². The summed E-state index contributed by atoms with van der Waals surface area (Å²) < 4.78 is 0. The molecule has 7 heteroatoms. The normalized spacial score (nSPS) is 20.4. The van der Waals surface area contributed by atoms with Crippen LogP contribution in [-0.4, -0.2) is 35.1 Å². The van der Waals surface area contributed by atoms with E-state index in [0.29, 0.717) is 24.3 Å². The second kappa shape index (κ2) is 5.46. The first-order chi connectivity index (χ1) is 9.41. The van der Waals surface area contributed by atoms with Crippen molar-refractivity contribution in [3.63, 3.8) is 0 Å². The van der Waals surface area contributed by atoms with Crippen molar-refractivity contribution in [1.82, 2.24) is 5.32 Å². The number of aliphatic hydroxyl groups excluding tert-OH is 1. The van der Waals surface area contributed by atoms with E-state index >= 15 is 0 Å². The molecule has 1 aliphatic heterocycles. The molecule has 0 radical (unpaired) electrons. The molecule has 1 heterocycles. The van der Waals surface area contributed by atoms with Gasteiger partial charge in [0.2, 0.25) is 5.91 Å². The van der Waals surface area contributed by atoms with Crippen molar-refractivity contribution in [2.75, 3.05) is 18.0 Å². The number of nitrogens with zero attached hydrogens (tertiary/aromatic N) is 2. The molecule has 2 atom stereocenters. The fourth-order valence-electron chi connectivity index (χ4n) is 2.30. The maximum atomic E-state index is 11.7. The Bertz CT molecular complexity index is 544. The van der Waals surface area contributed by atoms with Crippen LogP contribution in [0.2, 0.25) is 0 Å². The van der Waals surface area contributed by atoms with Crippen LogP contribution in [0.4, 0.5) is 11.4 Å². The highest BCUT2D eigenvalue weighted by molar-refractivity contribution is 5.87. The van der Waals surface area contributed by atoms with E-state index in [0.717, 1.165) is 0 Å². The summed E-state index contributed by atoms with van der Waals surface area (Å²) in [6.07, 6.45) is -0.773. The SMILES string of the molecule is CC1C(=O)NCCN1c1ccc([C@@H](C)O)cc1[N+](=O)[O-]. The minimum absolute atomic E-state index is 0.0926. The molecule has 1 aromatic rings. The molecule has 1 unspecified atom stereocenters. The average molecular weight is 279 g/mol. The Labute approximate surface area is 116 Å². The molecule has 1 fully saturated rings. The number of amides is 1. The molecule has 0 aromatic heterocycles. The van der Waals surface area contributed by atoms with Crippen LogP contribution in [0.25, 0.3) is 0 Å². The van der Waals surface area contributed by atoms with Gasteiger partial charge in [0.05, 0.1) is 11.0 Å². The summed E-state index contributed by atoms with van der Waals surface area (Å²) in [6.45, 7) is 4.23. The summed E-state index contributed by atoms with van der Waals surface area (Å²) in [5.41, 5.74) is 0.793. The predicted octanol–water partition coefficient (Wildman–Crippen LogP) is 0.973. The van der Waals surface area contributed by atoms with Crippen LogP contribution in [0.15, 0.2) is 18.2 Å². The number of nitro groups is 1. The number of nitrogens with one attached hydrogen (secondary N) is 1. The van der Waals surface area contributed by atoms with E-state index in [4.69, 9.17) is 0 Å². The maximum absolute atomic E-state index is 11.7. The fourth-order valence-corrected chi connectivity index (χ4v) is 2.30. The molecule has 1 saturated heterocycles. The number of aliphatic hydroxyl groups is 1. The minimum atomic E-state index is -0.773. The Morgan fingerprint density at radius 1 is 1.55 bits per heavy atom. The lowest BCUT2D eigenvalue weighted by Crippen LogP contribution is -2.54. The Balaban J connectivity index is 2.45. The smallest absolute Gasteiger partial charge is 0.292 e. The lowest BCUT2D eigenvalue weighted by molar-refractivity contribution is -0.384. The van der Waals surface area contributed by atoms with Crippen LogP contribution >= 0.6 is 0 Å². The summed E-state index contributed by atoms with van der Waals surface area (Å²) >= 11 is 0. The maximum Gasteiger partial charge on any atom is 0.292 e. The van der Waals surface area contributed by atoms with Gasteiger partial charge in [0.1, 0.15) is 11.7 Å². The van der Waals surface area contributed by atoms with Gasteiger partial charge in [-0.1, -0.05) is 6.07 Å². The lowest BCUT2D eigenvalue weighted by Gasteiger charge is -2.34. The van der Waals surface area contributed by atoms with Crippen LogP contribution in [-0.2, 0) is 4.79 Å². The van der Waals surface area contributed by atoms with Crippen molar-refractivity contribution in [3.8, 4) is 0 Å². The summed E-state index contributed by atoms with van der Waals surface area (Å²) in [5, 5.41) is 23.5. The standard InChI is InChI=1S/C13H17N3O4/c1-8-13(18)14-5-6-15(8)11-4-3-10(9(2)17)7-12(11)16(19)20/h3-4,7-9,17H,5-6H2,1-2H3,(H,14,18)/t8?,9-/m1/s1. The van der Waals surface area contributed by atoms with Crippen molar-refractivity contribution in [1.29, 1.82) is 0 Å². The topological polar surface area (TPSA) is 95.7 Å². The number of carbonyl (C=O) groups excluding carboxylic acids is 1. The number of hydrogen-bond donors (Lipinski definition) is 2. The number of anilines is 1.